The minimum Gasteiger partial charge on any atom is -0.430 e. The predicted octanol–water partition coefficient (Wildman–Crippen LogP) is 0.982. The van der Waals surface area contributed by atoms with Crippen LogP contribution < -0.4 is 11.4 Å². The Morgan fingerprint density at radius 2 is 2.00 bits per heavy atom. The van der Waals surface area contributed by atoms with Crippen molar-refractivity contribution in [2.45, 2.75) is 37.8 Å². The lowest BCUT2D eigenvalue weighted by Gasteiger charge is -2.33. The molecule has 1 aliphatic rings. The zero-order chi connectivity index (χ0) is 13.1. The Hall–Kier alpha value is -1.62. The van der Waals surface area contributed by atoms with Gasteiger partial charge in [-0.15, -0.1) is 0 Å². The summed E-state index contributed by atoms with van der Waals surface area (Å²) in [6.45, 7) is 0. The van der Waals surface area contributed by atoms with Gasteiger partial charge in [-0.3, -0.25) is 4.79 Å². The molecule has 98 valence electrons. The summed E-state index contributed by atoms with van der Waals surface area (Å²) in [5.41, 5.74) is 5.81. The molecule has 0 aromatic carbocycles. The van der Waals surface area contributed by atoms with E-state index < -0.39 is 5.63 Å². The minimum absolute atomic E-state index is 0.112. The van der Waals surface area contributed by atoms with E-state index in [4.69, 9.17) is 10.2 Å². The molecule has 1 aromatic heterocycles. The molecule has 0 aliphatic heterocycles. The molecule has 0 spiro atoms. The van der Waals surface area contributed by atoms with Crippen LogP contribution in [0.3, 0.4) is 0 Å². The van der Waals surface area contributed by atoms with Crippen LogP contribution >= 0.6 is 0 Å². The molecule has 0 saturated heterocycles. The summed E-state index contributed by atoms with van der Waals surface area (Å²) >= 11 is 0. The van der Waals surface area contributed by atoms with Gasteiger partial charge in [-0.2, -0.15) is 0 Å². The van der Waals surface area contributed by atoms with Crippen molar-refractivity contribution in [1.82, 2.24) is 4.90 Å². The molecule has 1 heterocycles. The van der Waals surface area contributed by atoms with E-state index in [1.165, 1.54) is 18.4 Å². The van der Waals surface area contributed by atoms with Crippen molar-refractivity contribution in [2.75, 3.05) is 7.05 Å². The van der Waals surface area contributed by atoms with Gasteiger partial charge in [0.15, 0.2) is 0 Å². The molecule has 1 aliphatic carbocycles. The van der Waals surface area contributed by atoms with Gasteiger partial charge in [0.1, 0.15) is 6.26 Å². The molecule has 0 atom stereocenters. The maximum absolute atomic E-state index is 12.2. The topological polar surface area (TPSA) is 76.5 Å². The van der Waals surface area contributed by atoms with E-state index in [0.29, 0.717) is 5.56 Å². The van der Waals surface area contributed by atoms with Gasteiger partial charge in [-0.05, 0) is 31.7 Å². The molecule has 18 heavy (non-hydrogen) atoms. The van der Waals surface area contributed by atoms with Gasteiger partial charge in [-0.25, -0.2) is 4.79 Å². The number of hydrogen-bond acceptors (Lipinski definition) is 4. The van der Waals surface area contributed by atoms with Gasteiger partial charge in [0.2, 0.25) is 0 Å². The van der Waals surface area contributed by atoms with E-state index in [9.17, 15) is 9.59 Å². The number of carbonyl (C=O) groups excluding carboxylic acids is 1. The van der Waals surface area contributed by atoms with Gasteiger partial charge in [-0.1, -0.05) is 0 Å². The third-order valence-electron chi connectivity index (χ3n) is 3.56. The molecule has 1 amide bonds. The third kappa shape index (κ3) is 2.79. The Kier molecular flexibility index (Phi) is 3.81. The number of amides is 1. The average Bonchev–Trinajstić information content (AvgIpc) is 2.39. The number of carbonyl (C=O) groups is 1. The third-order valence-corrected chi connectivity index (χ3v) is 3.56. The first-order chi connectivity index (χ1) is 8.58. The molecule has 1 saturated carbocycles. The van der Waals surface area contributed by atoms with E-state index in [-0.39, 0.29) is 18.0 Å². The van der Waals surface area contributed by atoms with Crippen LogP contribution in [0.2, 0.25) is 0 Å². The summed E-state index contributed by atoms with van der Waals surface area (Å²) in [6, 6.07) is 3.25. The summed E-state index contributed by atoms with van der Waals surface area (Å²) in [6.07, 6.45) is 4.98. The molecule has 2 N–H and O–H groups in total. The maximum atomic E-state index is 12.2. The second-order valence-electron chi connectivity index (χ2n) is 4.83. The van der Waals surface area contributed by atoms with E-state index in [0.717, 1.165) is 25.7 Å². The van der Waals surface area contributed by atoms with Crippen LogP contribution in [0.5, 0.6) is 0 Å². The zero-order valence-corrected chi connectivity index (χ0v) is 10.5. The van der Waals surface area contributed by atoms with E-state index in [1.807, 2.05) is 0 Å². The predicted molar refractivity (Wildman–Crippen MR) is 67.3 cm³/mol. The van der Waals surface area contributed by atoms with E-state index >= 15 is 0 Å². The van der Waals surface area contributed by atoms with Gasteiger partial charge in [0, 0.05) is 25.2 Å². The lowest BCUT2D eigenvalue weighted by Crippen LogP contribution is -2.41. The second kappa shape index (κ2) is 5.35. The molecule has 0 radical (unpaired) electrons. The molecule has 5 nitrogen and oxygen atoms in total. The molecule has 0 bridgehead atoms. The van der Waals surface area contributed by atoms with Crippen molar-refractivity contribution in [2.24, 2.45) is 5.73 Å². The SMILES string of the molecule is CN(C(=O)c1ccc(=O)oc1)C1CCC(N)CC1. The quantitative estimate of drug-likeness (QED) is 0.849. The molecule has 2 rings (SSSR count). The first-order valence-corrected chi connectivity index (χ1v) is 6.19. The van der Waals surface area contributed by atoms with Crippen molar-refractivity contribution in [3.8, 4) is 0 Å². The summed E-state index contributed by atoms with van der Waals surface area (Å²) < 4.78 is 4.71. The highest BCUT2D eigenvalue weighted by molar-refractivity contribution is 5.93. The highest BCUT2D eigenvalue weighted by Crippen LogP contribution is 2.22. The van der Waals surface area contributed by atoms with Crippen LogP contribution in [0.1, 0.15) is 36.0 Å². The molecule has 1 aromatic rings. The van der Waals surface area contributed by atoms with Crippen LogP contribution in [0.15, 0.2) is 27.6 Å². The number of rotatable bonds is 2. The molecular weight excluding hydrogens is 232 g/mol. The van der Waals surface area contributed by atoms with E-state index in [2.05, 4.69) is 0 Å². The minimum atomic E-state index is -0.446. The smallest absolute Gasteiger partial charge is 0.335 e. The Morgan fingerprint density at radius 3 is 2.56 bits per heavy atom. The number of nitrogens with two attached hydrogens (primary N) is 1. The van der Waals surface area contributed by atoms with Crippen molar-refractivity contribution in [3.05, 3.63) is 34.4 Å². The zero-order valence-electron chi connectivity index (χ0n) is 10.5. The lowest BCUT2D eigenvalue weighted by atomic mass is 9.91. The first-order valence-electron chi connectivity index (χ1n) is 6.19. The van der Waals surface area contributed by atoms with Gasteiger partial charge in [0.25, 0.3) is 5.91 Å². The van der Waals surface area contributed by atoms with Gasteiger partial charge in [0.05, 0.1) is 5.56 Å². The Bertz CT molecular complexity index is 455. The monoisotopic (exact) mass is 250 g/mol. The standard InChI is InChI=1S/C13H18N2O3/c1-15(11-5-3-10(14)4-6-11)13(17)9-2-7-12(16)18-8-9/h2,7-8,10-11H,3-6,14H2,1H3. The molecule has 5 heteroatoms. The summed E-state index contributed by atoms with van der Waals surface area (Å²) in [4.78, 5) is 24.7. The molecular formula is C13H18N2O3. The Labute approximate surface area is 106 Å². The fourth-order valence-electron chi connectivity index (χ4n) is 2.34. The average molecular weight is 250 g/mol. The van der Waals surface area contributed by atoms with Gasteiger partial charge < -0.3 is 15.1 Å². The van der Waals surface area contributed by atoms with Crippen LogP contribution in [0.25, 0.3) is 0 Å². The largest absolute Gasteiger partial charge is 0.430 e. The number of nitrogens with zero attached hydrogens (tertiary/aromatic N) is 1. The maximum Gasteiger partial charge on any atom is 0.335 e. The number of hydrogen-bond donors (Lipinski definition) is 1. The van der Waals surface area contributed by atoms with Crippen molar-refractivity contribution < 1.29 is 9.21 Å². The van der Waals surface area contributed by atoms with Crippen LogP contribution in [-0.2, 0) is 0 Å². The normalized spacial score (nSPS) is 23.7. The van der Waals surface area contributed by atoms with Crippen LogP contribution in [-0.4, -0.2) is 29.9 Å². The Balaban J connectivity index is 2.04. The van der Waals surface area contributed by atoms with Crippen molar-refractivity contribution in [3.63, 3.8) is 0 Å². The highest BCUT2D eigenvalue weighted by atomic mass is 16.4. The lowest BCUT2D eigenvalue weighted by molar-refractivity contribution is 0.0687. The first kappa shape index (κ1) is 12.8. The van der Waals surface area contributed by atoms with Gasteiger partial charge >= 0.3 is 5.63 Å². The summed E-state index contributed by atoms with van der Waals surface area (Å²) in [7, 11) is 1.79. The fraction of sp³-hybridized carbons (Fsp3) is 0.538. The highest BCUT2D eigenvalue weighted by Gasteiger charge is 2.25. The fourth-order valence-corrected chi connectivity index (χ4v) is 2.34. The van der Waals surface area contributed by atoms with E-state index in [1.54, 1.807) is 11.9 Å². The molecule has 0 unspecified atom stereocenters. The second-order valence-corrected chi connectivity index (χ2v) is 4.83. The van der Waals surface area contributed by atoms with Crippen molar-refractivity contribution in [1.29, 1.82) is 0 Å². The summed E-state index contributed by atoms with van der Waals surface area (Å²) in [5, 5.41) is 0. The van der Waals surface area contributed by atoms with Crippen molar-refractivity contribution >= 4 is 5.91 Å². The Morgan fingerprint density at radius 1 is 1.33 bits per heavy atom. The summed E-state index contributed by atoms with van der Waals surface area (Å²) in [5.74, 6) is -0.112. The molecule has 1 fully saturated rings. The van der Waals surface area contributed by atoms with Crippen LogP contribution in [0.4, 0.5) is 0 Å². The van der Waals surface area contributed by atoms with Crippen LogP contribution in [0, 0.1) is 0 Å².